The average Bonchev–Trinajstić information content (AvgIpc) is 2.44. The zero-order chi connectivity index (χ0) is 15.5. The fourth-order valence-electron chi connectivity index (χ4n) is 2.65. The summed E-state index contributed by atoms with van der Waals surface area (Å²) in [7, 11) is 0. The maximum Gasteiger partial charge on any atom is 0.335 e. The first kappa shape index (κ1) is 15.4. The molecule has 0 spiro atoms. The molecule has 0 bridgehead atoms. The van der Waals surface area contributed by atoms with E-state index in [0.717, 1.165) is 19.4 Å². The normalized spacial score (nSPS) is 20.8. The number of nitrogens with zero attached hydrogens (tertiary/aromatic N) is 1. The van der Waals surface area contributed by atoms with Crippen LogP contribution in [0.1, 0.15) is 42.7 Å². The van der Waals surface area contributed by atoms with Crippen molar-refractivity contribution >= 4 is 11.9 Å². The van der Waals surface area contributed by atoms with E-state index in [1.807, 2.05) is 0 Å². The summed E-state index contributed by atoms with van der Waals surface area (Å²) in [4.78, 5) is 27.3. The lowest BCUT2D eigenvalue weighted by Gasteiger charge is -2.38. The largest absolute Gasteiger partial charge is 0.478 e. The first-order valence-electron chi connectivity index (χ1n) is 7.09. The number of carboxylic acid groups (broad SMARTS) is 1. The summed E-state index contributed by atoms with van der Waals surface area (Å²) in [6.07, 6.45) is 3.51. The lowest BCUT2D eigenvalue weighted by atomic mass is 9.77. The van der Waals surface area contributed by atoms with Crippen LogP contribution in [0.2, 0.25) is 0 Å². The van der Waals surface area contributed by atoms with Crippen molar-refractivity contribution in [2.45, 2.75) is 39.3 Å². The van der Waals surface area contributed by atoms with Crippen LogP contribution in [0.3, 0.4) is 0 Å². The van der Waals surface area contributed by atoms with Crippen LogP contribution in [0, 0.1) is 5.41 Å². The highest BCUT2D eigenvalue weighted by Gasteiger charge is 2.36. The zero-order valence-electron chi connectivity index (χ0n) is 12.3. The zero-order valence-corrected chi connectivity index (χ0v) is 12.3. The quantitative estimate of drug-likeness (QED) is 0.774. The molecule has 2 heterocycles. The number of aromatic carboxylic acids is 1. The molecule has 3 N–H and O–H groups in total. The van der Waals surface area contributed by atoms with E-state index in [2.05, 4.69) is 29.5 Å². The molecule has 1 amide bonds. The van der Waals surface area contributed by atoms with Crippen molar-refractivity contribution in [1.29, 1.82) is 0 Å². The van der Waals surface area contributed by atoms with E-state index in [4.69, 9.17) is 5.11 Å². The van der Waals surface area contributed by atoms with Crippen molar-refractivity contribution in [3.63, 3.8) is 0 Å². The molecule has 6 nitrogen and oxygen atoms in total. The van der Waals surface area contributed by atoms with Crippen molar-refractivity contribution in [3.8, 4) is 0 Å². The number of nitrogens with one attached hydrogen (secondary N) is 2. The number of pyridine rings is 1. The van der Waals surface area contributed by atoms with Gasteiger partial charge in [-0.3, -0.25) is 9.78 Å². The predicted molar refractivity (Wildman–Crippen MR) is 77.8 cm³/mol. The van der Waals surface area contributed by atoms with Crippen molar-refractivity contribution in [2.24, 2.45) is 5.41 Å². The number of carbonyl (C=O) groups is 2. The van der Waals surface area contributed by atoms with Gasteiger partial charge in [0.05, 0.1) is 23.8 Å². The molecule has 0 saturated carbocycles. The molecule has 1 saturated heterocycles. The fourth-order valence-corrected chi connectivity index (χ4v) is 2.65. The summed E-state index contributed by atoms with van der Waals surface area (Å²) in [6.45, 7) is 5.22. The second kappa shape index (κ2) is 6.22. The molecule has 1 fully saturated rings. The van der Waals surface area contributed by atoms with Gasteiger partial charge in [0, 0.05) is 6.20 Å². The Kier molecular flexibility index (Phi) is 4.57. The van der Waals surface area contributed by atoms with Crippen molar-refractivity contribution in [1.82, 2.24) is 15.6 Å². The number of aromatic nitrogens is 1. The van der Waals surface area contributed by atoms with Gasteiger partial charge in [0.25, 0.3) is 0 Å². The Morgan fingerprint density at radius 2 is 2.29 bits per heavy atom. The van der Waals surface area contributed by atoms with E-state index in [9.17, 15) is 9.59 Å². The molecule has 1 aromatic heterocycles. The van der Waals surface area contributed by atoms with Gasteiger partial charge in [-0.25, -0.2) is 4.79 Å². The Balaban J connectivity index is 1.97. The van der Waals surface area contributed by atoms with Crippen molar-refractivity contribution in [3.05, 3.63) is 29.6 Å². The van der Waals surface area contributed by atoms with Gasteiger partial charge in [0.1, 0.15) is 0 Å². The fraction of sp³-hybridized carbons (Fsp3) is 0.533. The monoisotopic (exact) mass is 291 g/mol. The van der Waals surface area contributed by atoms with Crippen LogP contribution in [0.5, 0.6) is 0 Å². The van der Waals surface area contributed by atoms with Gasteiger partial charge in [0.15, 0.2) is 0 Å². The lowest BCUT2D eigenvalue weighted by Crippen LogP contribution is -2.55. The van der Waals surface area contributed by atoms with E-state index < -0.39 is 5.97 Å². The minimum atomic E-state index is -1.000. The second-order valence-corrected chi connectivity index (χ2v) is 6.04. The lowest BCUT2D eigenvalue weighted by molar-refractivity contribution is -0.127. The smallest absolute Gasteiger partial charge is 0.335 e. The van der Waals surface area contributed by atoms with Crippen LogP contribution in [-0.2, 0) is 11.3 Å². The Hall–Kier alpha value is -1.95. The topological polar surface area (TPSA) is 91.3 Å². The first-order chi connectivity index (χ1) is 9.90. The van der Waals surface area contributed by atoms with Crippen LogP contribution in [-0.4, -0.2) is 34.6 Å². The number of hydrogen-bond donors (Lipinski definition) is 3. The molecule has 1 unspecified atom stereocenters. The summed E-state index contributed by atoms with van der Waals surface area (Å²) in [5.41, 5.74) is 0.626. The Labute approximate surface area is 124 Å². The maximum atomic E-state index is 12.3. The Morgan fingerprint density at radius 3 is 2.95 bits per heavy atom. The summed E-state index contributed by atoms with van der Waals surface area (Å²) < 4.78 is 0. The molecule has 2 rings (SSSR count). The van der Waals surface area contributed by atoms with Crippen LogP contribution in [0.4, 0.5) is 0 Å². The molecular formula is C15H21N3O3. The number of rotatable bonds is 4. The molecule has 1 aliphatic rings. The van der Waals surface area contributed by atoms with Gasteiger partial charge in [-0.05, 0) is 36.9 Å². The third-order valence-corrected chi connectivity index (χ3v) is 3.90. The number of amides is 1. The van der Waals surface area contributed by atoms with E-state index >= 15 is 0 Å². The number of carbonyl (C=O) groups excluding carboxylic acids is 1. The van der Waals surface area contributed by atoms with Gasteiger partial charge in [0.2, 0.25) is 5.91 Å². The SMILES string of the molecule is CC1(C)CCCNC1C(=O)NCc1cc(C(=O)O)ccn1. The third kappa shape index (κ3) is 3.78. The first-order valence-corrected chi connectivity index (χ1v) is 7.09. The predicted octanol–water partition coefficient (Wildman–Crippen LogP) is 1.17. The van der Waals surface area contributed by atoms with Crippen LogP contribution >= 0.6 is 0 Å². The molecule has 0 aromatic carbocycles. The maximum absolute atomic E-state index is 12.3. The average molecular weight is 291 g/mol. The Bertz CT molecular complexity index is 543. The summed E-state index contributed by atoms with van der Waals surface area (Å²) in [5, 5.41) is 15.0. The van der Waals surface area contributed by atoms with Crippen molar-refractivity contribution in [2.75, 3.05) is 6.54 Å². The van der Waals surface area contributed by atoms with Crippen LogP contribution in [0.15, 0.2) is 18.3 Å². The third-order valence-electron chi connectivity index (χ3n) is 3.90. The van der Waals surface area contributed by atoms with Gasteiger partial charge in [-0.2, -0.15) is 0 Å². The highest BCUT2D eigenvalue weighted by molar-refractivity contribution is 5.87. The number of piperidine rings is 1. The van der Waals surface area contributed by atoms with E-state index in [1.54, 1.807) is 0 Å². The molecule has 21 heavy (non-hydrogen) atoms. The number of hydrogen-bond acceptors (Lipinski definition) is 4. The van der Waals surface area contributed by atoms with E-state index in [0.29, 0.717) is 5.69 Å². The molecule has 114 valence electrons. The van der Waals surface area contributed by atoms with Gasteiger partial charge in [-0.1, -0.05) is 13.8 Å². The summed E-state index contributed by atoms with van der Waals surface area (Å²) in [5.74, 6) is -1.07. The van der Waals surface area contributed by atoms with Crippen molar-refractivity contribution < 1.29 is 14.7 Å². The molecule has 0 radical (unpaired) electrons. The molecular weight excluding hydrogens is 270 g/mol. The molecule has 1 atom stereocenters. The van der Waals surface area contributed by atoms with E-state index in [-0.39, 0.29) is 29.5 Å². The van der Waals surface area contributed by atoms with Gasteiger partial charge >= 0.3 is 5.97 Å². The highest BCUT2D eigenvalue weighted by Crippen LogP contribution is 2.30. The summed E-state index contributed by atoms with van der Waals surface area (Å²) in [6, 6.07) is 2.68. The number of carboxylic acids is 1. The van der Waals surface area contributed by atoms with Gasteiger partial charge < -0.3 is 15.7 Å². The standard InChI is InChI=1S/C15H21N3O3/c1-15(2)5-3-6-17-12(15)13(19)18-9-11-8-10(14(20)21)4-7-16-11/h4,7-8,12,17H,3,5-6,9H2,1-2H3,(H,18,19)(H,20,21). The summed E-state index contributed by atoms with van der Waals surface area (Å²) >= 11 is 0. The molecule has 6 heteroatoms. The van der Waals surface area contributed by atoms with E-state index in [1.165, 1.54) is 18.3 Å². The van der Waals surface area contributed by atoms with Crippen LogP contribution < -0.4 is 10.6 Å². The minimum absolute atomic E-state index is 0.0674. The molecule has 0 aliphatic carbocycles. The van der Waals surface area contributed by atoms with Crippen LogP contribution in [0.25, 0.3) is 0 Å². The Morgan fingerprint density at radius 1 is 1.52 bits per heavy atom. The minimum Gasteiger partial charge on any atom is -0.478 e. The molecule has 1 aliphatic heterocycles. The highest BCUT2D eigenvalue weighted by atomic mass is 16.4. The molecule has 1 aromatic rings. The second-order valence-electron chi connectivity index (χ2n) is 6.04. The van der Waals surface area contributed by atoms with Gasteiger partial charge in [-0.15, -0.1) is 0 Å².